The molecule has 2 aliphatic rings. The van der Waals surface area contributed by atoms with E-state index in [9.17, 15) is 4.79 Å². The quantitative estimate of drug-likeness (QED) is 0.283. The number of allylic oxidation sites excluding steroid dienone is 1. The van der Waals surface area contributed by atoms with Crippen LogP contribution in [-0.4, -0.2) is 48.2 Å². The highest BCUT2D eigenvalue weighted by atomic mass is 35.6. The molecule has 0 spiro atoms. The Hall–Kier alpha value is -0.0831. The van der Waals surface area contributed by atoms with Gasteiger partial charge in [-0.1, -0.05) is 73.3 Å². The zero-order valence-electron chi connectivity index (χ0n) is 19.8. The predicted octanol–water partition coefficient (Wildman–Crippen LogP) is 5.91. The number of amides is 1. The Bertz CT molecular complexity index is 742. The molecule has 1 aliphatic heterocycles. The molecule has 1 heterocycles. The Labute approximate surface area is 202 Å². The van der Waals surface area contributed by atoms with E-state index in [1.54, 1.807) is 6.08 Å². The average molecular weight is 513 g/mol. The van der Waals surface area contributed by atoms with E-state index in [0.29, 0.717) is 13.0 Å². The lowest BCUT2D eigenvalue weighted by Crippen LogP contribution is -2.67. The van der Waals surface area contributed by atoms with E-state index in [2.05, 4.69) is 58.8 Å². The first-order valence-electron chi connectivity index (χ1n) is 10.5. The maximum atomic E-state index is 12.9. The highest BCUT2D eigenvalue weighted by Crippen LogP contribution is 2.46. The summed E-state index contributed by atoms with van der Waals surface area (Å²) in [6.45, 7) is 21.1. The Kier molecular flexibility index (Phi) is 7.83. The molecular weight excluding hydrogens is 477 g/mol. The van der Waals surface area contributed by atoms with Gasteiger partial charge in [0, 0.05) is 5.92 Å². The minimum Gasteiger partial charge on any atom is -0.408 e. The van der Waals surface area contributed by atoms with Crippen LogP contribution in [0.1, 0.15) is 48.0 Å². The molecule has 0 bridgehead atoms. The number of hydrogen-bond donors (Lipinski definition) is 1. The summed E-state index contributed by atoms with van der Waals surface area (Å²) in [6.07, 6.45) is 3.64. The van der Waals surface area contributed by atoms with Crippen molar-refractivity contribution in [3.05, 3.63) is 24.3 Å². The van der Waals surface area contributed by atoms with Crippen LogP contribution in [0.4, 0.5) is 0 Å². The molecule has 1 fully saturated rings. The molecule has 5 nitrogen and oxygen atoms in total. The second-order valence-electron chi connectivity index (χ2n) is 10.6. The lowest BCUT2D eigenvalue weighted by atomic mass is 9.69. The van der Waals surface area contributed by atoms with Gasteiger partial charge >= 0.3 is 0 Å². The summed E-state index contributed by atoms with van der Waals surface area (Å²) in [4.78, 5) is 12.9. The number of carbonyl (C=O) groups is 1. The summed E-state index contributed by atoms with van der Waals surface area (Å²) in [7, 11) is -2.24. The van der Waals surface area contributed by atoms with Crippen molar-refractivity contribution < 1.29 is 18.7 Å². The van der Waals surface area contributed by atoms with Crippen LogP contribution >= 0.6 is 34.8 Å². The summed E-state index contributed by atoms with van der Waals surface area (Å²) in [5, 5.41) is 2.95. The Morgan fingerprint density at radius 3 is 2.32 bits per heavy atom. The van der Waals surface area contributed by atoms with Gasteiger partial charge in [0.25, 0.3) is 9.70 Å². The fourth-order valence-electron chi connectivity index (χ4n) is 3.92. The zero-order valence-corrected chi connectivity index (χ0v) is 23.0. The van der Waals surface area contributed by atoms with E-state index in [0.717, 1.165) is 5.57 Å². The smallest absolute Gasteiger partial charge is 0.272 e. The number of rotatable bonds is 5. The van der Waals surface area contributed by atoms with Gasteiger partial charge < -0.3 is 19.2 Å². The monoisotopic (exact) mass is 511 g/mol. The van der Waals surface area contributed by atoms with Crippen molar-refractivity contribution in [2.45, 2.75) is 93.4 Å². The molecule has 0 saturated carbocycles. The predicted molar refractivity (Wildman–Crippen MR) is 130 cm³/mol. The van der Waals surface area contributed by atoms with Gasteiger partial charge in [0.2, 0.25) is 0 Å². The molecular formula is C22H36Cl3NO4Si. The second kappa shape index (κ2) is 8.93. The van der Waals surface area contributed by atoms with Crippen LogP contribution in [0.25, 0.3) is 0 Å². The number of ether oxygens (including phenoxy) is 2. The lowest BCUT2D eigenvalue weighted by Gasteiger charge is -2.52. The van der Waals surface area contributed by atoms with Crippen molar-refractivity contribution >= 4 is 49.0 Å². The first-order valence-corrected chi connectivity index (χ1v) is 14.6. The van der Waals surface area contributed by atoms with Crippen molar-refractivity contribution in [2.24, 2.45) is 5.92 Å². The van der Waals surface area contributed by atoms with Crippen LogP contribution in [-0.2, 0) is 18.7 Å². The van der Waals surface area contributed by atoms with E-state index in [4.69, 9.17) is 48.7 Å². The van der Waals surface area contributed by atoms with Crippen LogP contribution < -0.4 is 5.32 Å². The summed E-state index contributed by atoms with van der Waals surface area (Å²) in [5.41, 5.74) is 0.104. The number of alkyl halides is 3. The van der Waals surface area contributed by atoms with Crippen LogP contribution in [0.2, 0.25) is 18.1 Å². The molecule has 2 rings (SSSR count). The number of nitrogens with one attached hydrogen (secondary N) is 1. The van der Waals surface area contributed by atoms with Crippen molar-refractivity contribution in [3.8, 4) is 0 Å². The molecule has 4 atom stereocenters. The van der Waals surface area contributed by atoms with Gasteiger partial charge in [0.1, 0.15) is 0 Å². The van der Waals surface area contributed by atoms with Crippen molar-refractivity contribution in [1.29, 1.82) is 0 Å². The van der Waals surface area contributed by atoms with Gasteiger partial charge in [-0.25, -0.2) is 0 Å². The zero-order chi connectivity index (χ0) is 24.0. The van der Waals surface area contributed by atoms with Crippen LogP contribution in [0.3, 0.4) is 0 Å². The third-order valence-electron chi connectivity index (χ3n) is 6.69. The van der Waals surface area contributed by atoms with Crippen molar-refractivity contribution in [1.82, 2.24) is 5.32 Å². The molecule has 31 heavy (non-hydrogen) atoms. The normalized spacial score (nSPS) is 31.8. The minimum absolute atomic E-state index is 0.0389. The lowest BCUT2D eigenvalue weighted by molar-refractivity contribution is -0.151. The van der Waals surface area contributed by atoms with Gasteiger partial charge in [0.05, 0.1) is 24.4 Å². The maximum absolute atomic E-state index is 12.9. The minimum atomic E-state index is -2.24. The molecule has 1 N–H and O–H groups in total. The number of carbonyl (C=O) groups excluding carboxylic acids is 1. The Balaban J connectivity index is 2.58. The van der Waals surface area contributed by atoms with E-state index >= 15 is 0 Å². The molecule has 0 unspecified atom stereocenters. The standard InChI is InChI=1S/C22H36Cl3NO4Si/c1-10-21(26-18(27)22(23,24)25)15(16-13-28-20(6,7)29-16)11-14(2)12-17(21)30-31(8,9)19(3,4)5/h10,12,15-17H,1,11,13H2,2-9H3,(H,26,27)/t15-,16+,17-,21+/m0/s1. The molecule has 9 heteroatoms. The molecule has 0 aromatic heterocycles. The average Bonchev–Trinajstić information content (AvgIpc) is 2.94. The van der Waals surface area contributed by atoms with E-state index in [-0.39, 0.29) is 17.1 Å². The van der Waals surface area contributed by atoms with Crippen LogP contribution in [0, 0.1) is 5.92 Å². The Morgan fingerprint density at radius 2 is 1.90 bits per heavy atom. The first kappa shape index (κ1) is 27.2. The van der Waals surface area contributed by atoms with Gasteiger partial charge in [-0.2, -0.15) is 0 Å². The van der Waals surface area contributed by atoms with E-state index in [1.165, 1.54) is 0 Å². The third kappa shape index (κ3) is 5.89. The summed E-state index contributed by atoms with van der Waals surface area (Å²) < 4.78 is 16.8. The molecule has 0 aromatic rings. The Morgan fingerprint density at radius 1 is 1.32 bits per heavy atom. The summed E-state index contributed by atoms with van der Waals surface area (Å²) in [5.74, 6) is -1.66. The van der Waals surface area contributed by atoms with Gasteiger partial charge in [-0.05, 0) is 45.3 Å². The molecule has 178 valence electrons. The van der Waals surface area contributed by atoms with Crippen LogP contribution in [0.15, 0.2) is 24.3 Å². The maximum Gasteiger partial charge on any atom is 0.272 e. The van der Waals surface area contributed by atoms with Crippen LogP contribution in [0.5, 0.6) is 0 Å². The van der Waals surface area contributed by atoms with Gasteiger partial charge in [-0.3, -0.25) is 4.79 Å². The highest BCUT2D eigenvalue weighted by molar-refractivity contribution is 6.76. The van der Waals surface area contributed by atoms with E-state index < -0.39 is 35.4 Å². The fourth-order valence-corrected chi connectivity index (χ4v) is 5.31. The SMILES string of the molecule is C=C[C@]1(NC(=O)C(Cl)(Cl)Cl)[C@@H](O[Si](C)(C)C(C)(C)C)C=C(C)C[C@H]1[C@H]1COC(C)(C)O1. The molecule has 1 amide bonds. The molecule has 1 saturated heterocycles. The molecule has 0 radical (unpaired) electrons. The third-order valence-corrected chi connectivity index (χ3v) is 11.7. The largest absolute Gasteiger partial charge is 0.408 e. The second-order valence-corrected chi connectivity index (χ2v) is 17.6. The summed E-state index contributed by atoms with van der Waals surface area (Å²) in [6, 6.07) is 0. The van der Waals surface area contributed by atoms with Crippen molar-refractivity contribution in [2.75, 3.05) is 6.61 Å². The molecule has 0 aromatic carbocycles. The van der Waals surface area contributed by atoms with E-state index in [1.807, 2.05) is 13.8 Å². The van der Waals surface area contributed by atoms with Gasteiger partial charge in [0.15, 0.2) is 14.1 Å². The molecule has 1 aliphatic carbocycles. The van der Waals surface area contributed by atoms with Crippen molar-refractivity contribution in [3.63, 3.8) is 0 Å². The summed E-state index contributed by atoms with van der Waals surface area (Å²) >= 11 is 17.8. The number of hydrogen-bond acceptors (Lipinski definition) is 4. The number of halogens is 3. The fraction of sp³-hybridized carbons (Fsp3) is 0.773. The highest BCUT2D eigenvalue weighted by Gasteiger charge is 2.56. The van der Waals surface area contributed by atoms with Gasteiger partial charge in [-0.15, -0.1) is 6.58 Å². The topological polar surface area (TPSA) is 56.8 Å². The first-order chi connectivity index (χ1) is 13.8.